The Morgan fingerprint density at radius 2 is 1.79 bits per heavy atom. The number of pyridine rings is 1. The van der Waals surface area contributed by atoms with Crippen molar-refractivity contribution >= 4 is 34.5 Å². The minimum Gasteiger partial charge on any atom is -0.465 e. The van der Waals surface area contributed by atoms with Gasteiger partial charge in [0.2, 0.25) is 11.8 Å². The molecule has 0 spiro atoms. The van der Waals surface area contributed by atoms with Crippen LogP contribution in [0.1, 0.15) is 49.2 Å². The van der Waals surface area contributed by atoms with Gasteiger partial charge >= 0.3 is 5.97 Å². The van der Waals surface area contributed by atoms with Gasteiger partial charge in [-0.2, -0.15) is 0 Å². The van der Waals surface area contributed by atoms with Crippen LogP contribution in [0.4, 0.5) is 5.69 Å². The second kappa shape index (κ2) is 11.2. The summed E-state index contributed by atoms with van der Waals surface area (Å²) in [6, 6.07) is 16.1. The third kappa shape index (κ3) is 5.69. The Morgan fingerprint density at radius 3 is 2.45 bits per heavy atom. The highest BCUT2D eigenvalue weighted by molar-refractivity contribution is 6.02. The fourth-order valence-electron chi connectivity index (χ4n) is 4.00. The molecule has 0 saturated heterocycles. The number of carbonyl (C=O) groups is 3. The lowest BCUT2D eigenvalue weighted by Crippen LogP contribution is -2.51. The van der Waals surface area contributed by atoms with Crippen LogP contribution in [-0.4, -0.2) is 50.4 Å². The van der Waals surface area contributed by atoms with Crippen LogP contribution in [0.5, 0.6) is 0 Å². The predicted molar refractivity (Wildman–Crippen MR) is 142 cm³/mol. The molecule has 0 aliphatic carbocycles. The quantitative estimate of drug-likeness (QED) is 0.338. The number of carbonyl (C=O) groups excluding carboxylic acids is 3. The molecule has 4 aromatic rings. The Labute approximate surface area is 220 Å². The number of nitrogens with one attached hydrogen (secondary N) is 1. The number of methoxy groups -OCH3 is 1. The van der Waals surface area contributed by atoms with E-state index in [4.69, 9.17) is 4.74 Å². The lowest BCUT2D eigenvalue weighted by atomic mass is 9.99. The van der Waals surface area contributed by atoms with E-state index < -0.39 is 23.5 Å². The maximum atomic E-state index is 14.0. The minimum absolute atomic E-state index is 0.166. The molecule has 10 nitrogen and oxygen atoms in total. The molecule has 0 saturated carbocycles. The average molecular weight is 515 g/mol. The normalized spacial score (nSPS) is 12.1. The molecule has 10 heteroatoms. The number of ether oxygens (including phenoxy) is 1. The molecule has 0 aliphatic rings. The van der Waals surface area contributed by atoms with Gasteiger partial charge in [0.15, 0.2) is 0 Å². The Balaban J connectivity index is 1.81. The molecule has 2 aromatic heterocycles. The number of hydrogen-bond donors (Lipinski definition) is 1. The van der Waals surface area contributed by atoms with Crippen molar-refractivity contribution in [2.24, 2.45) is 0 Å². The van der Waals surface area contributed by atoms with Gasteiger partial charge in [0.05, 0.1) is 18.2 Å². The van der Waals surface area contributed by atoms with Crippen molar-refractivity contribution in [2.45, 2.75) is 45.3 Å². The summed E-state index contributed by atoms with van der Waals surface area (Å²) in [5.74, 6) is -1.27. The van der Waals surface area contributed by atoms with Crippen LogP contribution < -0.4 is 10.2 Å². The lowest BCUT2D eigenvalue weighted by Gasteiger charge is -2.34. The van der Waals surface area contributed by atoms with Gasteiger partial charge in [0, 0.05) is 29.2 Å². The van der Waals surface area contributed by atoms with Gasteiger partial charge in [-0.25, -0.2) is 9.48 Å². The molecule has 4 rings (SSSR count). The topological polar surface area (TPSA) is 119 Å². The molecule has 0 bridgehead atoms. The van der Waals surface area contributed by atoms with E-state index in [1.807, 2.05) is 45.0 Å². The van der Waals surface area contributed by atoms with Gasteiger partial charge in [-0.1, -0.05) is 30.3 Å². The van der Waals surface area contributed by atoms with E-state index >= 15 is 0 Å². The summed E-state index contributed by atoms with van der Waals surface area (Å²) in [6.07, 6.45) is 3.86. The van der Waals surface area contributed by atoms with Crippen LogP contribution in [0.2, 0.25) is 0 Å². The Morgan fingerprint density at radius 1 is 1.05 bits per heavy atom. The number of aromatic nitrogens is 4. The Kier molecular flexibility index (Phi) is 7.80. The largest absolute Gasteiger partial charge is 0.465 e. The molecule has 196 valence electrons. The van der Waals surface area contributed by atoms with Gasteiger partial charge in [0.1, 0.15) is 18.1 Å². The number of hydrogen-bond acceptors (Lipinski definition) is 7. The van der Waals surface area contributed by atoms with Gasteiger partial charge < -0.3 is 10.1 Å². The summed E-state index contributed by atoms with van der Waals surface area (Å²) in [6.45, 7) is 5.65. The molecule has 2 amide bonds. The lowest BCUT2D eigenvalue weighted by molar-refractivity contribution is -0.128. The van der Waals surface area contributed by atoms with Crippen molar-refractivity contribution in [2.75, 3.05) is 12.0 Å². The molecular formula is C28H30N6O4. The number of anilines is 1. The summed E-state index contributed by atoms with van der Waals surface area (Å²) in [7, 11) is 1.30. The third-order valence-electron chi connectivity index (χ3n) is 6.39. The van der Waals surface area contributed by atoms with Crippen LogP contribution in [0.15, 0.2) is 73.1 Å². The number of amides is 2. The number of para-hydroxylation sites is 1. The van der Waals surface area contributed by atoms with Crippen LogP contribution in [-0.2, 0) is 20.9 Å². The van der Waals surface area contributed by atoms with E-state index in [1.165, 1.54) is 16.7 Å². The number of rotatable bonds is 9. The molecule has 1 atom stereocenters. The molecule has 38 heavy (non-hydrogen) atoms. The maximum absolute atomic E-state index is 14.0. The monoisotopic (exact) mass is 514 g/mol. The summed E-state index contributed by atoms with van der Waals surface area (Å²) in [4.78, 5) is 45.5. The number of esters is 1. The zero-order valence-corrected chi connectivity index (χ0v) is 21.8. The maximum Gasteiger partial charge on any atom is 0.337 e. The predicted octanol–water partition coefficient (Wildman–Crippen LogP) is 3.69. The van der Waals surface area contributed by atoms with Crippen molar-refractivity contribution in [3.05, 3.63) is 84.2 Å². The first-order valence-electron chi connectivity index (χ1n) is 12.2. The van der Waals surface area contributed by atoms with E-state index in [2.05, 4.69) is 20.6 Å². The Bertz CT molecular complexity index is 1430. The zero-order valence-electron chi connectivity index (χ0n) is 21.8. The molecular weight excluding hydrogens is 484 g/mol. The van der Waals surface area contributed by atoms with E-state index in [1.54, 1.807) is 48.8 Å². The van der Waals surface area contributed by atoms with E-state index in [-0.39, 0.29) is 12.5 Å². The molecule has 2 heterocycles. The molecule has 2 aromatic carbocycles. The number of fused-ring (bicyclic) bond motifs is 1. The fraction of sp³-hybridized carbons (Fsp3) is 0.286. The van der Waals surface area contributed by atoms with E-state index in [9.17, 15) is 14.4 Å². The van der Waals surface area contributed by atoms with Crippen LogP contribution >= 0.6 is 0 Å². The first-order valence-corrected chi connectivity index (χ1v) is 12.2. The molecule has 0 fully saturated rings. The summed E-state index contributed by atoms with van der Waals surface area (Å²) in [5, 5.41) is 11.4. The van der Waals surface area contributed by atoms with E-state index in [0.717, 1.165) is 0 Å². The molecule has 0 unspecified atom stereocenters. The fourth-order valence-corrected chi connectivity index (χ4v) is 4.00. The van der Waals surface area contributed by atoms with Crippen LogP contribution in [0.25, 0.3) is 11.0 Å². The zero-order chi connectivity index (χ0) is 27.3. The van der Waals surface area contributed by atoms with Gasteiger partial charge in [0.25, 0.3) is 0 Å². The molecule has 0 aliphatic heterocycles. The van der Waals surface area contributed by atoms with Crippen molar-refractivity contribution in [3.8, 4) is 0 Å². The highest BCUT2D eigenvalue weighted by atomic mass is 16.5. The second-order valence-electron chi connectivity index (χ2n) is 9.45. The SMILES string of the molecule is CCC(C)(C)NC(=O)[C@H](c1cccnc1)N(C(=O)Cn1nnc2ccccc21)c1ccc(C(=O)OC)cc1. The first-order chi connectivity index (χ1) is 18.2. The van der Waals surface area contributed by atoms with Gasteiger partial charge in [-0.3, -0.25) is 19.5 Å². The second-order valence-corrected chi connectivity index (χ2v) is 9.45. The number of nitrogens with zero attached hydrogens (tertiary/aromatic N) is 5. The van der Waals surface area contributed by atoms with Crippen LogP contribution in [0.3, 0.4) is 0 Å². The van der Waals surface area contributed by atoms with Gasteiger partial charge in [-0.05, 0) is 62.7 Å². The third-order valence-corrected chi connectivity index (χ3v) is 6.39. The molecule has 0 radical (unpaired) electrons. The highest BCUT2D eigenvalue weighted by Crippen LogP contribution is 2.30. The number of benzene rings is 2. The summed E-state index contributed by atoms with van der Waals surface area (Å²) in [5.41, 5.74) is 2.11. The van der Waals surface area contributed by atoms with E-state index in [0.29, 0.717) is 34.3 Å². The van der Waals surface area contributed by atoms with Crippen molar-refractivity contribution in [1.29, 1.82) is 0 Å². The smallest absolute Gasteiger partial charge is 0.337 e. The summed E-state index contributed by atoms with van der Waals surface area (Å²) >= 11 is 0. The van der Waals surface area contributed by atoms with Crippen LogP contribution in [0, 0.1) is 0 Å². The molecule has 1 N–H and O–H groups in total. The first kappa shape index (κ1) is 26.5. The highest BCUT2D eigenvalue weighted by Gasteiger charge is 2.35. The summed E-state index contributed by atoms with van der Waals surface area (Å²) < 4.78 is 6.31. The average Bonchev–Trinajstić information content (AvgIpc) is 3.34. The standard InChI is InChI=1S/C28H30N6O4/c1-5-28(2,3)30-26(36)25(20-9-8-16-29-17-20)34(21-14-12-19(13-15-21)27(37)38-4)24(35)18-33-23-11-7-6-10-22(23)31-32-33/h6-17,25H,5,18H2,1-4H3,(H,30,36)/t25-/m0/s1. The van der Waals surface area contributed by atoms with Crippen molar-refractivity contribution in [3.63, 3.8) is 0 Å². The van der Waals surface area contributed by atoms with Crippen molar-refractivity contribution < 1.29 is 19.1 Å². The van der Waals surface area contributed by atoms with Crippen molar-refractivity contribution in [1.82, 2.24) is 25.3 Å². The van der Waals surface area contributed by atoms with Gasteiger partial charge in [-0.15, -0.1) is 5.10 Å². The Hall–Kier alpha value is -4.60. The minimum atomic E-state index is -1.04.